The molecule has 4 N–H and O–H groups in total. The van der Waals surface area contributed by atoms with Crippen LogP contribution in [0, 0.1) is 5.82 Å². The van der Waals surface area contributed by atoms with Crippen LogP contribution in [0.15, 0.2) is 23.4 Å². The molecule has 1 rings (SSSR count). The maximum atomic E-state index is 13.2. The molecule has 0 amide bonds. The average molecular weight is 299 g/mol. The lowest BCUT2D eigenvalue weighted by Crippen LogP contribution is -2.21. The van der Waals surface area contributed by atoms with E-state index in [1.807, 2.05) is 0 Å². The first kappa shape index (κ1) is 17.4. The second kappa shape index (κ2) is 10.1. The van der Waals surface area contributed by atoms with Crippen molar-refractivity contribution in [2.75, 3.05) is 33.5 Å². The molecule has 0 atom stereocenters. The van der Waals surface area contributed by atoms with E-state index in [1.54, 1.807) is 13.2 Å². The molecule has 0 saturated heterocycles. The van der Waals surface area contributed by atoms with Crippen LogP contribution in [0.5, 0.6) is 0 Å². The maximum absolute atomic E-state index is 13.2. The molecule has 1 aromatic carbocycles. The van der Waals surface area contributed by atoms with Crippen molar-refractivity contribution in [1.82, 2.24) is 5.32 Å². The van der Waals surface area contributed by atoms with Crippen molar-refractivity contribution in [2.45, 2.75) is 13.0 Å². The third-order valence-electron chi connectivity index (χ3n) is 2.85. The molecular weight excluding hydrogens is 277 g/mol. The summed E-state index contributed by atoms with van der Waals surface area (Å²) in [5, 5.41) is 14.8. The summed E-state index contributed by atoms with van der Waals surface area (Å²) in [6, 6.07) is 4.21. The highest BCUT2D eigenvalue weighted by Crippen LogP contribution is 2.11. The van der Waals surface area contributed by atoms with Crippen molar-refractivity contribution in [3.63, 3.8) is 0 Å². The molecule has 0 saturated carbocycles. The SMILES string of the molecule is COCCOCCCNCc1ccc(F)cc1/C(N)=N/O. The zero-order valence-electron chi connectivity index (χ0n) is 12.1. The monoisotopic (exact) mass is 299 g/mol. The number of rotatable bonds is 10. The highest BCUT2D eigenvalue weighted by Gasteiger charge is 2.08. The molecule has 118 valence electrons. The molecule has 0 spiro atoms. The van der Waals surface area contributed by atoms with Crippen molar-refractivity contribution in [3.05, 3.63) is 35.1 Å². The Bertz CT molecular complexity index is 455. The number of amidine groups is 1. The first-order valence-electron chi connectivity index (χ1n) is 6.72. The van der Waals surface area contributed by atoms with E-state index in [9.17, 15) is 4.39 Å². The smallest absolute Gasteiger partial charge is 0.170 e. The Labute approximate surface area is 123 Å². The van der Waals surface area contributed by atoms with Gasteiger partial charge in [0.15, 0.2) is 5.84 Å². The summed E-state index contributed by atoms with van der Waals surface area (Å²) >= 11 is 0. The van der Waals surface area contributed by atoms with E-state index in [0.717, 1.165) is 18.5 Å². The van der Waals surface area contributed by atoms with Gasteiger partial charge >= 0.3 is 0 Å². The fraction of sp³-hybridized carbons (Fsp3) is 0.500. The van der Waals surface area contributed by atoms with Gasteiger partial charge in [-0.05, 0) is 30.7 Å². The van der Waals surface area contributed by atoms with Crippen molar-refractivity contribution in [1.29, 1.82) is 0 Å². The number of oxime groups is 1. The van der Waals surface area contributed by atoms with Gasteiger partial charge in [0, 0.05) is 25.8 Å². The Hall–Kier alpha value is -1.70. The van der Waals surface area contributed by atoms with Crippen LogP contribution in [0.2, 0.25) is 0 Å². The van der Waals surface area contributed by atoms with Gasteiger partial charge in [-0.2, -0.15) is 0 Å². The summed E-state index contributed by atoms with van der Waals surface area (Å²) in [7, 11) is 1.63. The molecule has 7 heteroatoms. The Balaban J connectivity index is 2.35. The first-order chi connectivity index (χ1) is 10.2. The van der Waals surface area contributed by atoms with Crippen LogP contribution in [0.1, 0.15) is 17.5 Å². The van der Waals surface area contributed by atoms with E-state index < -0.39 is 5.82 Å². The Kier molecular flexibility index (Phi) is 8.34. The topological polar surface area (TPSA) is 89.1 Å². The minimum absolute atomic E-state index is 0.103. The van der Waals surface area contributed by atoms with Gasteiger partial charge in [-0.1, -0.05) is 11.2 Å². The van der Waals surface area contributed by atoms with Crippen LogP contribution in [-0.2, 0) is 16.0 Å². The van der Waals surface area contributed by atoms with Gasteiger partial charge in [-0.3, -0.25) is 0 Å². The van der Waals surface area contributed by atoms with Crippen molar-refractivity contribution in [3.8, 4) is 0 Å². The zero-order chi connectivity index (χ0) is 15.5. The lowest BCUT2D eigenvalue weighted by Gasteiger charge is -2.10. The normalized spacial score (nSPS) is 11.8. The standard InChI is InChI=1S/C14H22FN3O3/c1-20-7-8-21-6-2-5-17-10-11-3-4-12(15)9-13(11)14(16)18-19/h3-4,9,17,19H,2,5-8,10H2,1H3,(H2,16,18). The van der Waals surface area contributed by atoms with E-state index in [4.69, 9.17) is 20.4 Å². The molecule has 0 aromatic heterocycles. The molecular formula is C14H22FN3O3. The Morgan fingerprint density at radius 3 is 2.90 bits per heavy atom. The number of hydrogen-bond donors (Lipinski definition) is 3. The van der Waals surface area contributed by atoms with Crippen molar-refractivity contribution in [2.24, 2.45) is 10.9 Å². The van der Waals surface area contributed by atoms with E-state index in [1.165, 1.54) is 12.1 Å². The van der Waals surface area contributed by atoms with Gasteiger partial charge in [-0.15, -0.1) is 0 Å². The second-order valence-electron chi connectivity index (χ2n) is 4.42. The first-order valence-corrected chi connectivity index (χ1v) is 6.72. The van der Waals surface area contributed by atoms with Crippen LogP contribution >= 0.6 is 0 Å². The fourth-order valence-corrected chi connectivity index (χ4v) is 1.76. The summed E-state index contributed by atoms with van der Waals surface area (Å²) in [6.45, 7) is 3.07. The predicted molar refractivity (Wildman–Crippen MR) is 77.9 cm³/mol. The van der Waals surface area contributed by atoms with Gasteiger partial charge in [0.05, 0.1) is 13.2 Å². The highest BCUT2D eigenvalue weighted by molar-refractivity contribution is 5.98. The van der Waals surface area contributed by atoms with Gasteiger partial charge in [-0.25, -0.2) is 4.39 Å². The molecule has 0 unspecified atom stereocenters. The van der Waals surface area contributed by atoms with Crippen LogP contribution in [0.3, 0.4) is 0 Å². The molecule has 0 aliphatic carbocycles. The van der Waals surface area contributed by atoms with E-state index in [-0.39, 0.29) is 5.84 Å². The highest BCUT2D eigenvalue weighted by atomic mass is 19.1. The number of methoxy groups -OCH3 is 1. The molecule has 0 aliphatic rings. The van der Waals surface area contributed by atoms with Crippen LogP contribution in [0.4, 0.5) is 4.39 Å². The summed E-state index contributed by atoms with van der Waals surface area (Å²) in [6.07, 6.45) is 0.851. The van der Waals surface area contributed by atoms with E-state index >= 15 is 0 Å². The summed E-state index contributed by atoms with van der Waals surface area (Å²) < 4.78 is 23.4. The average Bonchev–Trinajstić information content (AvgIpc) is 2.50. The fourth-order valence-electron chi connectivity index (χ4n) is 1.76. The predicted octanol–water partition coefficient (Wildman–Crippen LogP) is 1.06. The number of halogens is 1. The van der Waals surface area contributed by atoms with E-state index in [2.05, 4.69) is 10.5 Å². The zero-order valence-corrected chi connectivity index (χ0v) is 12.1. The number of nitrogens with two attached hydrogens (primary N) is 1. The molecule has 21 heavy (non-hydrogen) atoms. The Morgan fingerprint density at radius 2 is 2.19 bits per heavy atom. The van der Waals surface area contributed by atoms with Gasteiger partial charge in [0.25, 0.3) is 0 Å². The van der Waals surface area contributed by atoms with E-state index in [0.29, 0.717) is 31.9 Å². The molecule has 0 heterocycles. The van der Waals surface area contributed by atoms with Gasteiger partial charge < -0.3 is 25.7 Å². The molecule has 0 aliphatic heterocycles. The summed E-state index contributed by atoms with van der Waals surface area (Å²) in [5.74, 6) is -0.527. The quantitative estimate of drug-likeness (QED) is 0.198. The number of nitrogens with zero attached hydrogens (tertiary/aromatic N) is 1. The summed E-state index contributed by atoms with van der Waals surface area (Å²) in [5.41, 5.74) is 6.70. The molecule has 1 aromatic rings. The van der Waals surface area contributed by atoms with Crippen LogP contribution < -0.4 is 11.1 Å². The lowest BCUT2D eigenvalue weighted by atomic mass is 10.1. The molecule has 0 fully saturated rings. The Morgan fingerprint density at radius 1 is 1.38 bits per heavy atom. The number of benzene rings is 1. The minimum atomic E-state index is -0.424. The number of nitrogens with one attached hydrogen (secondary N) is 1. The molecule has 6 nitrogen and oxygen atoms in total. The van der Waals surface area contributed by atoms with Crippen LogP contribution in [-0.4, -0.2) is 44.5 Å². The van der Waals surface area contributed by atoms with Gasteiger partial charge in [0.1, 0.15) is 5.82 Å². The van der Waals surface area contributed by atoms with Gasteiger partial charge in [0.2, 0.25) is 0 Å². The number of ether oxygens (including phenoxy) is 2. The minimum Gasteiger partial charge on any atom is -0.409 e. The van der Waals surface area contributed by atoms with Crippen molar-refractivity contribution < 1.29 is 19.1 Å². The summed E-state index contributed by atoms with van der Waals surface area (Å²) in [4.78, 5) is 0. The third kappa shape index (κ3) is 6.52. The molecule has 0 radical (unpaired) electrons. The largest absolute Gasteiger partial charge is 0.409 e. The number of hydrogen-bond acceptors (Lipinski definition) is 5. The molecule has 0 bridgehead atoms. The van der Waals surface area contributed by atoms with Crippen LogP contribution in [0.25, 0.3) is 0 Å². The van der Waals surface area contributed by atoms with Crippen molar-refractivity contribution >= 4 is 5.84 Å². The third-order valence-corrected chi connectivity index (χ3v) is 2.85. The lowest BCUT2D eigenvalue weighted by molar-refractivity contribution is 0.0695. The maximum Gasteiger partial charge on any atom is 0.170 e. The second-order valence-corrected chi connectivity index (χ2v) is 4.42.